The predicted octanol–water partition coefficient (Wildman–Crippen LogP) is 18.2. The van der Waals surface area contributed by atoms with Crippen molar-refractivity contribution in [2.75, 3.05) is 4.90 Å². The van der Waals surface area contributed by atoms with Crippen LogP contribution in [0.4, 0.5) is 17.1 Å². The van der Waals surface area contributed by atoms with E-state index in [4.69, 9.17) is 0 Å². The average Bonchev–Trinajstić information content (AvgIpc) is 3.73. The number of aryl methyl sites for hydroxylation is 1. The van der Waals surface area contributed by atoms with E-state index >= 15 is 0 Å². The number of hydrogen-bond donors (Lipinski definition) is 0. The molecule has 0 spiro atoms. The van der Waals surface area contributed by atoms with E-state index in [0.29, 0.717) is 0 Å². The summed E-state index contributed by atoms with van der Waals surface area (Å²) in [5.74, 6) is 0. The third-order valence-electron chi connectivity index (χ3n) is 13.8. The lowest BCUT2D eigenvalue weighted by molar-refractivity contribution is 1.17. The van der Waals surface area contributed by atoms with Gasteiger partial charge in [0.2, 0.25) is 0 Å². The molecule has 0 fully saturated rings. The number of nitrogens with zero attached hydrogens (tertiary/aromatic N) is 2. The minimum atomic E-state index is 1.09. The van der Waals surface area contributed by atoms with Gasteiger partial charge in [-0.1, -0.05) is 200 Å². The summed E-state index contributed by atoms with van der Waals surface area (Å²) in [5, 5.41) is 12.3. The van der Waals surface area contributed by atoms with Crippen molar-refractivity contribution in [3.8, 4) is 39.1 Å². The molecule has 0 bridgehead atoms. The van der Waals surface area contributed by atoms with E-state index in [2.05, 4.69) is 265 Å². The van der Waals surface area contributed by atoms with E-state index in [1.165, 1.54) is 104 Å². The SMILES string of the molecule is Cc1ccc2c(-c3cccc(-c4ccccc4)c3)c3ccccc3c(-c3c4ccccc4c(N(c4ccccc4)c4ccc(-n5c6ccccc6c6ccccc65)cc4)c4ccccc34)c2c1. The van der Waals surface area contributed by atoms with E-state index in [9.17, 15) is 0 Å². The fourth-order valence-corrected chi connectivity index (χ4v) is 10.9. The van der Waals surface area contributed by atoms with Gasteiger partial charge in [0.25, 0.3) is 0 Å². The Labute approximate surface area is 389 Å². The highest BCUT2D eigenvalue weighted by Crippen LogP contribution is 2.52. The molecule has 0 N–H and O–H groups in total. The summed E-state index contributed by atoms with van der Waals surface area (Å²) in [4.78, 5) is 2.47. The van der Waals surface area contributed by atoms with E-state index in [-0.39, 0.29) is 0 Å². The van der Waals surface area contributed by atoms with Gasteiger partial charge >= 0.3 is 0 Å². The number of anilines is 3. The molecule has 13 aromatic rings. The van der Waals surface area contributed by atoms with Crippen molar-refractivity contribution in [2.45, 2.75) is 6.92 Å². The lowest BCUT2D eigenvalue weighted by atomic mass is 9.81. The Kier molecular flexibility index (Phi) is 9.11. The molecule has 0 amide bonds. The first-order chi connectivity index (χ1) is 33.2. The number of rotatable bonds is 7. The summed E-state index contributed by atoms with van der Waals surface area (Å²) < 4.78 is 2.39. The molecule has 1 heterocycles. The molecule has 12 aromatic carbocycles. The van der Waals surface area contributed by atoms with Gasteiger partial charge in [-0.2, -0.15) is 0 Å². The van der Waals surface area contributed by atoms with Crippen LogP contribution in [-0.4, -0.2) is 4.57 Å². The molecule has 2 nitrogen and oxygen atoms in total. The molecule has 0 saturated heterocycles. The van der Waals surface area contributed by atoms with E-state index < -0.39 is 0 Å². The van der Waals surface area contributed by atoms with Crippen LogP contribution in [0.1, 0.15) is 5.56 Å². The van der Waals surface area contributed by atoms with Crippen LogP contribution in [0.5, 0.6) is 0 Å². The van der Waals surface area contributed by atoms with E-state index in [1.54, 1.807) is 0 Å². The number of hydrogen-bond acceptors (Lipinski definition) is 1. The van der Waals surface area contributed by atoms with E-state index in [0.717, 1.165) is 22.7 Å². The van der Waals surface area contributed by atoms with Gasteiger partial charge in [-0.25, -0.2) is 0 Å². The van der Waals surface area contributed by atoms with Crippen LogP contribution in [0, 0.1) is 6.92 Å². The number of fused-ring (bicyclic) bond motifs is 7. The second kappa shape index (κ2) is 15.8. The van der Waals surface area contributed by atoms with Crippen LogP contribution in [0.25, 0.3) is 104 Å². The van der Waals surface area contributed by atoms with Crippen molar-refractivity contribution in [3.63, 3.8) is 0 Å². The van der Waals surface area contributed by atoms with Crippen LogP contribution in [-0.2, 0) is 0 Å². The molecule has 67 heavy (non-hydrogen) atoms. The third-order valence-corrected chi connectivity index (χ3v) is 13.8. The normalized spacial score (nSPS) is 11.7. The molecule has 13 rings (SSSR count). The highest BCUT2D eigenvalue weighted by atomic mass is 15.1. The highest BCUT2D eigenvalue weighted by molar-refractivity contribution is 6.30. The fraction of sp³-hybridized carbons (Fsp3) is 0.0154. The Morgan fingerprint density at radius 1 is 0.284 bits per heavy atom. The molecule has 0 aliphatic heterocycles. The predicted molar refractivity (Wildman–Crippen MR) is 287 cm³/mol. The largest absolute Gasteiger partial charge is 0.309 e. The standard InChI is InChI=1S/C65H44N2/c1-43-35-40-56-59(41-43)64(53-28-9-8-27-52(53)62(56)46-22-18-21-45(42-46)44-19-4-2-5-20-44)63-54-29-10-12-31-57(54)65(58-32-13-11-30-55(58)63)66(47-23-6-3-7-24-47)48-36-38-49(39-37-48)67-60-33-16-14-25-50(60)51-26-15-17-34-61(51)67/h2-42H,1H3. The van der Waals surface area contributed by atoms with Crippen LogP contribution in [0.3, 0.4) is 0 Å². The van der Waals surface area contributed by atoms with Crippen molar-refractivity contribution >= 4 is 82.0 Å². The minimum Gasteiger partial charge on any atom is -0.309 e. The fourth-order valence-electron chi connectivity index (χ4n) is 10.9. The number of aromatic nitrogens is 1. The van der Waals surface area contributed by atoms with Crippen LogP contribution >= 0.6 is 0 Å². The second-order valence-corrected chi connectivity index (χ2v) is 17.7. The summed E-state index contributed by atoms with van der Waals surface area (Å²) in [6, 6.07) is 91.4. The van der Waals surface area contributed by atoms with Gasteiger partial charge in [0.1, 0.15) is 0 Å². The molecule has 1 aromatic heterocycles. The van der Waals surface area contributed by atoms with Crippen molar-refractivity contribution in [1.82, 2.24) is 4.57 Å². The molecular weight excluding hydrogens is 809 g/mol. The van der Waals surface area contributed by atoms with Crippen LogP contribution in [0.2, 0.25) is 0 Å². The summed E-state index contributed by atoms with van der Waals surface area (Å²) in [5.41, 5.74) is 15.5. The molecule has 0 unspecified atom stereocenters. The zero-order valence-corrected chi connectivity index (χ0v) is 37.1. The first kappa shape index (κ1) is 38.7. The lowest BCUT2D eigenvalue weighted by Crippen LogP contribution is -2.11. The van der Waals surface area contributed by atoms with Gasteiger partial charge in [-0.3, -0.25) is 0 Å². The summed E-state index contributed by atoms with van der Waals surface area (Å²) in [6.45, 7) is 2.22. The third kappa shape index (κ3) is 6.26. The Morgan fingerprint density at radius 2 is 0.716 bits per heavy atom. The Hall–Kier alpha value is -8.72. The zero-order chi connectivity index (χ0) is 44.4. The van der Waals surface area contributed by atoms with Gasteiger partial charge in [0.05, 0.1) is 16.7 Å². The topological polar surface area (TPSA) is 8.17 Å². The van der Waals surface area contributed by atoms with Gasteiger partial charge in [0.15, 0.2) is 0 Å². The quantitative estimate of drug-likeness (QED) is 0.145. The molecule has 0 atom stereocenters. The molecule has 0 radical (unpaired) electrons. The second-order valence-electron chi connectivity index (χ2n) is 17.7. The lowest BCUT2D eigenvalue weighted by Gasteiger charge is -2.30. The molecule has 0 aliphatic rings. The Balaban J connectivity index is 1.07. The minimum absolute atomic E-state index is 1.09. The molecular formula is C65H44N2. The molecule has 314 valence electrons. The monoisotopic (exact) mass is 852 g/mol. The maximum absolute atomic E-state index is 2.47. The first-order valence-electron chi connectivity index (χ1n) is 23.2. The van der Waals surface area contributed by atoms with E-state index in [1.807, 2.05) is 0 Å². The van der Waals surface area contributed by atoms with Crippen LogP contribution in [0.15, 0.2) is 249 Å². The molecule has 0 aliphatic carbocycles. The Morgan fingerprint density at radius 3 is 1.33 bits per heavy atom. The number of para-hydroxylation sites is 3. The first-order valence-corrected chi connectivity index (χ1v) is 23.2. The van der Waals surface area contributed by atoms with Gasteiger partial charge in [-0.05, 0) is 127 Å². The number of benzene rings is 12. The highest BCUT2D eigenvalue weighted by Gasteiger charge is 2.25. The molecule has 0 saturated carbocycles. The average molecular weight is 853 g/mol. The van der Waals surface area contributed by atoms with Crippen molar-refractivity contribution < 1.29 is 0 Å². The summed E-state index contributed by atoms with van der Waals surface area (Å²) >= 11 is 0. The van der Waals surface area contributed by atoms with Crippen LogP contribution < -0.4 is 4.90 Å². The van der Waals surface area contributed by atoms with Crippen molar-refractivity contribution in [1.29, 1.82) is 0 Å². The Bertz CT molecular complexity index is 3920. The van der Waals surface area contributed by atoms with Gasteiger partial charge in [0, 0.05) is 38.6 Å². The summed E-state index contributed by atoms with van der Waals surface area (Å²) in [6.07, 6.45) is 0. The molecule has 2 heteroatoms. The summed E-state index contributed by atoms with van der Waals surface area (Å²) in [7, 11) is 0. The zero-order valence-electron chi connectivity index (χ0n) is 37.1. The maximum Gasteiger partial charge on any atom is 0.0618 e. The smallest absolute Gasteiger partial charge is 0.0618 e. The van der Waals surface area contributed by atoms with Gasteiger partial charge in [-0.15, -0.1) is 0 Å². The van der Waals surface area contributed by atoms with Crippen molar-refractivity contribution in [2.24, 2.45) is 0 Å². The van der Waals surface area contributed by atoms with Gasteiger partial charge < -0.3 is 9.47 Å². The van der Waals surface area contributed by atoms with Crippen molar-refractivity contribution in [3.05, 3.63) is 254 Å². The maximum atomic E-state index is 2.47.